The molecule has 3 unspecified atom stereocenters. The average molecular weight is 333 g/mol. The van der Waals surface area contributed by atoms with E-state index >= 15 is 0 Å². The first kappa shape index (κ1) is 14.5. The van der Waals surface area contributed by atoms with Crippen LogP contribution in [0.25, 0.3) is 0 Å². The summed E-state index contributed by atoms with van der Waals surface area (Å²) < 4.78 is 6.70. The molecule has 0 bridgehead atoms. The molecule has 1 fully saturated rings. The number of rotatable bonds is 4. The normalized spacial score (nSPS) is 25.0. The lowest BCUT2D eigenvalue weighted by Crippen LogP contribution is -2.50. The lowest BCUT2D eigenvalue weighted by molar-refractivity contribution is -0.0274. The van der Waals surface area contributed by atoms with Crippen LogP contribution in [0.4, 0.5) is 0 Å². The van der Waals surface area contributed by atoms with Gasteiger partial charge in [0.25, 0.3) is 0 Å². The number of halogens is 1. The molecule has 0 radical (unpaired) electrons. The van der Waals surface area contributed by atoms with Gasteiger partial charge in [-0.2, -0.15) is 0 Å². The molecule has 0 aromatic carbocycles. The van der Waals surface area contributed by atoms with Crippen LogP contribution in [-0.2, 0) is 4.74 Å². The van der Waals surface area contributed by atoms with Gasteiger partial charge in [-0.25, -0.2) is 0 Å². The first-order chi connectivity index (χ1) is 8.63. The van der Waals surface area contributed by atoms with Crippen molar-refractivity contribution in [1.29, 1.82) is 0 Å². The van der Waals surface area contributed by atoms with Crippen molar-refractivity contribution < 1.29 is 4.74 Å². The van der Waals surface area contributed by atoms with E-state index in [4.69, 9.17) is 10.5 Å². The summed E-state index contributed by atoms with van der Waals surface area (Å²) in [4.78, 5) is 3.85. The van der Waals surface area contributed by atoms with Gasteiger partial charge in [-0.3, -0.25) is 4.90 Å². The van der Waals surface area contributed by atoms with Gasteiger partial charge in [0.05, 0.1) is 23.0 Å². The van der Waals surface area contributed by atoms with Crippen LogP contribution in [0, 0.1) is 0 Å². The van der Waals surface area contributed by atoms with Gasteiger partial charge < -0.3 is 10.5 Å². The molecule has 18 heavy (non-hydrogen) atoms. The van der Waals surface area contributed by atoms with Crippen LogP contribution in [0.15, 0.2) is 15.9 Å². The lowest BCUT2D eigenvalue weighted by Gasteiger charge is -2.41. The summed E-state index contributed by atoms with van der Waals surface area (Å²) in [5.41, 5.74) is 6.36. The monoisotopic (exact) mass is 332 g/mol. The quantitative estimate of drug-likeness (QED) is 0.921. The van der Waals surface area contributed by atoms with Gasteiger partial charge in [-0.05, 0) is 41.4 Å². The number of nitrogens with two attached hydrogens (primary N) is 1. The molecule has 1 saturated heterocycles. The number of hydrogen-bond acceptors (Lipinski definition) is 4. The Morgan fingerprint density at radius 1 is 1.61 bits per heavy atom. The largest absolute Gasteiger partial charge is 0.379 e. The first-order valence-corrected chi connectivity index (χ1v) is 8.08. The minimum atomic E-state index is 0.177. The molecular weight excluding hydrogens is 312 g/mol. The number of morpholine rings is 1. The van der Waals surface area contributed by atoms with E-state index in [9.17, 15) is 0 Å². The highest BCUT2D eigenvalue weighted by Gasteiger charge is 2.32. The second kappa shape index (κ2) is 6.48. The third kappa shape index (κ3) is 3.14. The van der Waals surface area contributed by atoms with E-state index in [1.807, 2.05) is 0 Å². The summed E-state index contributed by atoms with van der Waals surface area (Å²) in [6.45, 7) is 6.96. The Labute approximate surface area is 121 Å². The number of thiophene rings is 1. The van der Waals surface area contributed by atoms with Crippen LogP contribution in [0.2, 0.25) is 0 Å². The second-order valence-corrected chi connectivity index (χ2v) is 7.32. The van der Waals surface area contributed by atoms with E-state index in [2.05, 4.69) is 46.8 Å². The molecule has 3 atom stereocenters. The molecule has 1 aromatic heterocycles. The van der Waals surface area contributed by atoms with Gasteiger partial charge >= 0.3 is 0 Å². The Morgan fingerprint density at radius 3 is 2.94 bits per heavy atom. The second-order valence-electron chi connectivity index (χ2n) is 4.82. The summed E-state index contributed by atoms with van der Waals surface area (Å²) >= 11 is 5.33. The van der Waals surface area contributed by atoms with Crippen LogP contribution in [0.5, 0.6) is 0 Å². The number of ether oxygens (including phenoxy) is 1. The zero-order valence-corrected chi connectivity index (χ0v) is 13.3. The predicted octanol–water partition coefficient (Wildman–Crippen LogP) is 3.01. The van der Waals surface area contributed by atoms with Crippen LogP contribution in [0.3, 0.4) is 0 Å². The molecule has 0 amide bonds. The van der Waals surface area contributed by atoms with Crippen LogP contribution < -0.4 is 5.73 Å². The third-order valence-electron chi connectivity index (χ3n) is 3.54. The fourth-order valence-electron chi connectivity index (χ4n) is 2.48. The summed E-state index contributed by atoms with van der Waals surface area (Å²) in [5.74, 6) is 0. The SMILES string of the molecule is CCC(N)C(c1ccc(Br)s1)N1CCOCC1C. The minimum Gasteiger partial charge on any atom is -0.379 e. The molecule has 2 rings (SSSR count). The molecule has 3 nitrogen and oxygen atoms in total. The Bertz CT molecular complexity index is 385. The molecule has 0 saturated carbocycles. The molecule has 5 heteroatoms. The molecule has 1 aliphatic rings. The highest BCUT2D eigenvalue weighted by molar-refractivity contribution is 9.11. The molecule has 1 aromatic rings. The molecule has 1 aliphatic heterocycles. The van der Waals surface area contributed by atoms with E-state index in [0.717, 1.165) is 26.2 Å². The molecule has 0 aliphatic carbocycles. The molecule has 2 N–H and O–H groups in total. The maximum Gasteiger partial charge on any atom is 0.0702 e. The van der Waals surface area contributed by atoms with Crippen molar-refractivity contribution in [3.8, 4) is 0 Å². The Morgan fingerprint density at radius 2 is 2.39 bits per heavy atom. The topological polar surface area (TPSA) is 38.5 Å². The van der Waals surface area contributed by atoms with E-state index < -0.39 is 0 Å². The summed E-state index contributed by atoms with van der Waals surface area (Å²) in [6, 6.07) is 5.22. The van der Waals surface area contributed by atoms with Crippen molar-refractivity contribution >= 4 is 27.3 Å². The standard InChI is InChI=1S/C13H21BrN2OS/c1-3-10(15)13(11-4-5-12(14)18-11)16-6-7-17-8-9(16)2/h4-5,9-10,13H,3,6-8,15H2,1-2H3. The van der Waals surface area contributed by atoms with Crippen molar-refractivity contribution in [2.45, 2.75) is 38.4 Å². The molecule has 0 spiro atoms. The lowest BCUT2D eigenvalue weighted by atomic mass is 10.0. The first-order valence-electron chi connectivity index (χ1n) is 6.47. The maximum atomic E-state index is 6.36. The predicted molar refractivity (Wildman–Crippen MR) is 80.0 cm³/mol. The highest BCUT2D eigenvalue weighted by Crippen LogP contribution is 2.34. The molecule has 102 valence electrons. The van der Waals surface area contributed by atoms with Crippen molar-refractivity contribution in [2.75, 3.05) is 19.8 Å². The summed E-state index contributed by atoms with van der Waals surface area (Å²) in [5, 5.41) is 0. The van der Waals surface area contributed by atoms with Crippen LogP contribution in [-0.4, -0.2) is 36.7 Å². The van der Waals surface area contributed by atoms with E-state index in [1.54, 1.807) is 11.3 Å². The maximum absolute atomic E-state index is 6.36. The Kier molecular flexibility index (Phi) is 5.21. The van der Waals surface area contributed by atoms with E-state index in [-0.39, 0.29) is 6.04 Å². The summed E-state index contributed by atoms with van der Waals surface area (Å²) in [7, 11) is 0. The van der Waals surface area contributed by atoms with Gasteiger partial charge in [-0.1, -0.05) is 6.92 Å². The zero-order chi connectivity index (χ0) is 13.1. The van der Waals surface area contributed by atoms with Gasteiger partial charge in [-0.15, -0.1) is 11.3 Å². The molecule has 2 heterocycles. The average Bonchev–Trinajstić information content (AvgIpc) is 2.78. The van der Waals surface area contributed by atoms with Gasteiger partial charge in [0.15, 0.2) is 0 Å². The van der Waals surface area contributed by atoms with E-state index in [1.165, 1.54) is 8.66 Å². The highest BCUT2D eigenvalue weighted by atomic mass is 79.9. The fraction of sp³-hybridized carbons (Fsp3) is 0.692. The third-order valence-corrected chi connectivity index (χ3v) is 5.23. The number of nitrogens with zero attached hydrogens (tertiary/aromatic N) is 1. The molecular formula is C13H21BrN2OS. The van der Waals surface area contributed by atoms with Gasteiger partial charge in [0.1, 0.15) is 0 Å². The Hall–Kier alpha value is 0.0600. The van der Waals surface area contributed by atoms with Crippen LogP contribution in [0.1, 0.15) is 31.2 Å². The Balaban J connectivity index is 2.24. The van der Waals surface area contributed by atoms with Gasteiger partial charge in [0, 0.05) is 23.5 Å². The zero-order valence-electron chi connectivity index (χ0n) is 10.9. The summed E-state index contributed by atoms with van der Waals surface area (Å²) in [6.07, 6.45) is 0.990. The fourth-order valence-corrected chi connectivity index (χ4v) is 4.11. The van der Waals surface area contributed by atoms with Crippen molar-refractivity contribution in [1.82, 2.24) is 4.90 Å². The van der Waals surface area contributed by atoms with E-state index in [0.29, 0.717) is 12.1 Å². The smallest absolute Gasteiger partial charge is 0.0702 e. The van der Waals surface area contributed by atoms with Crippen molar-refractivity contribution in [3.05, 3.63) is 20.8 Å². The number of hydrogen-bond donors (Lipinski definition) is 1. The van der Waals surface area contributed by atoms with Crippen molar-refractivity contribution in [2.24, 2.45) is 5.73 Å². The van der Waals surface area contributed by atoms with Gasteiger partial charge in [0.2, 0.25) is 0 Å². The van der Waals surface area contributed by atoms with Crippen LogP contribution >= 0.6 is 27.3 Å². The van der Waals surface area contributed by atoms with Crippen molar-refractivity contribution in [3.63, 3.8) is 0 Å². The minimum absolute atomic E-state index is 0.177.